The summed E-state index contributed by atoms with van der Waals surface area (Å²) in [5.41, 5.74) is 1.33. The van der Waals surface area contributed by atoms with Crippen LogP contribution >= 0.6 is 27.5 Å². The van der Waals surface area contributed by atoms with Crippen LogP contribution in [0.2, 0.25) is 5.02 Å². The van der Waals surface area contributed by atoms with Crippen molar-refractivity contribution < 1.29 is 9.53 Å². The Morgan fingerprint density at radius 1 is 1.36 bits per heavy atom. The van der Waals surface area contributed by atoms with Crippen molar-refractivity contribution in [1.82, 2.24) is 0 Å². The van der Waals surface area contributed by atoms with Crippen molar-refractivity contribution in [2.45, 2.75) is 39.5 Å². The molecule has 1 atom stereocenters. The van der Waals surface area contributed by atoms with Gasteiger partial charge in [0.25, 0.3) is 0 Å². The van der Waals surface area contributed by atoms with Crippen molar-refractivity contribution in [2.75, 3.05) is 25.6 Å². The van der Waals surface area contributed by atoms with Gasteiger partial charge >= 0.3 is 5.97 Å². The molecule has 22 heavy (non-hydrogen) atoms. The fourth-order valence-corrected chi connectivity index (χ4v) is 3.60. The number of hydrogen-bond donors (Lipinski definition) is 0. The van der Waals surface area contributed by atoms with Crippen LogP contribution in [0.4, 0.5) is 5.69 Å². The Bertz CT molecular complexity index is 482. The standard InChI is InChI=1S/C17H25BrClNO2/c1-5-7-8-12(6-2)11-22-17(21)13-9-14(18)16(20(3)4)15(19)10-13/h9-10,12H,5-8,11H2,1-4H3. The fourth-order valence-electron chi connectivity index (χ4n) is 2.29. The lowest BCUT2D eigenvalue weighted by atomic mass is 10.0. The summed E-state index contributed by atoms with van der Waals surface area (Å²) in [6.45, 7) is 4.78. The summed E-state index contributed by atoms with van der Waals surface area (Å²) in [4.78, 5) is 14.1. The molecule has 0 fully saturated rings. The molecule has 0 aromatic heterocycles. The van der Waals surface area contributed by atoms with Crippen LogP contribution in [-0.2, 0) is 4.74 Å². The molecule has 124 valence electrons. The van der Waals surface area contributed by atoms with Crippen molar-refractivity contribution in [3.8, 4) is 0 Å². The van der Waals surface area contributed by atoms with Crippen LogP contribution in [0.3, 0.4) is 0 Å². The molecule has 1 aromatic rings. The first-order valence-corrected chi connectivity index (χ1v) is 8.91. The molecule has 0 saturated heterocycles. The number of carbonyl (C=O) groups excluding carboxylic acids is 1. The van der Waals surface area contributed by atoms with E-state index in [2.05, 4.69) is 29.8 Å². The van der Waals surface area contributed by atoms with Gasteiger partial charge in [0.15, 0.2) is 0 Å². The number of ether oxygens (including phenoxy) is 1. The average Bonchev–Trinajstić information content (AvgIpc) is 2.46. The molecule has 0 saturated carbocycles. The summed E-state index contributed by atoms with van der Waals surface area (Å²) in [5.74, 6) is 0.117. The molecule has 0 bridgehead atoms. The first-order valence-electron chi connectivity index (χ1n) is 7.74. The van der Waals surface area contributed by atoms with Crippen molar-refractivity contribution in [3.63, 3.8) is 0 Å². The Morgan fingerprint density at radius 3 is 2.55 bits per heavy atom. The summed E-state index contributed by atoms with van der Waals surface area (Å²) in [6.07, 6.45) is 4.46. The summed E-state index contributed by atoms with van der Waals surface area (Å²) in [5, 5.41) is 0.532. The molecule has 0 spiro atoms. The molecule has 1 rings (SSSR count). The van der Waals surface area contributed by atoms with E-state index >= 15 is 0 Å². The number of benzene rings is 1. The molecule has 1 aromatic carbocycles. The number of anilines is 1. The lowest BCUT2D eigenvalue weighted by molar-refractivity contribution is 0.0428. The third kappa shape index (κ3) is 5.47. The van der Waals surface area contributed by atoms with Crippen molar-refractivity contribution in [2.24, 2.45) is 5.92 Å². The van der Waals surface area contributed by atoms with Crippen LogP contribution in [0.25, 0.3) is 0 Å². The molecular formula is C17H25BrClNO2. The Balaban J connectivity index is 2.74. The highest BCUT2D eigenvalue weighted by molar-refractivity contribution is 9.10. The Labute approximate surface area is 147 Å². The predicted molar refractivity (Wildman–Crippen MR) is 97.1 cm³/mol. The molecule has 0 aliphatic rings. The highest BCUT2D eigenvalue weighted by atomic mass is 79.9. The lowest BCUT2D eigenvalue weighted by Gasteiger charge is -2.18. The molecule has 3 nitrogen and oxygen atoms in total. The molecular weight excluding hydrogens is 366 g/mol. The number of carbonyl (C=O) groups is 1. The van der Waals surface area contributed by atoms with Crippen LogP contribution in [0.1, 0.15) is 49.9 Å². The first-order chi connectivity index (χ1) is 10.4. The number of nitrogens with zero attached hydrogens (tertiary/aromatic N) is 1. The Morgan fingerprint density at radius 2 is 2.05 bits per heavy atom. The van der Waals surface area contributed by atoms with E-state index in [9.17, 15) is 4.79 Å². The van der Waals surface area contributed by atoms with Gasteiger partial charge in [-0.1, -0.05) is 44.7 Å². The minimum Gasteiger partial charge on any atom is -0.462 e. The van der Waals surface area contributed by atoms with E-state index in [0.717, 1.165) is 23.0 Å². The van der Waals surface area contributed by atoms with E-state index in [0.29, 0.717) is 23.1 Å². The lowest BCUT2D eigenvalue weighted by Crippen LogP contribution is -2.15. The molecule has 0 aliphatic heterocycles. The van der Waals surface area contributed by atoms with Gasteiger partial charge in [-0.3, -0.25) is 0 Å². The van der Waals surface area contributed by atoms with Crippen molar-refractivity contribution in [3.05, 3.63) is 27.2 Å². The maximum atomic E-state index is 12.2. The average molecular weight is 391 g/mol. The molecule has 0 aliphatic carbocycles. The first kappa shape index (κ1) is 19.3. The summed E-state index contributed by atoms with van der Waals surface area (Å²) in [7, 11) is 3.81. The quantitative estimate of drug-likeness (QED) is 0.546. The third-order valence-corrected chi connectivity index (χ3v) is 4.59. The highest BCUT2D eigenvalue weighted by Gasteiger charge is 2.16. The third-order valence-electron chi connectivity index (χ3n) is 3.69. The van der Waals surface area contributed by atoms with E-state index < -0.39 is 0 Å². The van der Waals surface area contributed by atoms with Gasteiger partial charge in [-0.25, -0.2) is 4.79 Å². The fraction of sp³-hybridized carbons (Fsp3) is 0.588. The number of unbranched alkanes of at least 4 members (excludes halogenated alkanes) is 1. The van der Waals surface area contributed by atoms with E-state index in [1.807, 2.05) is 19.0 Å². The molecule has 0 radical (unpaired) electrons. The summed E-state index contributed by atoms with van der Waals surface area (Å²) >= 11 is 9.71. The Hall–Kier alpha value is -0.740. The molecule has 1 unspecified atom stereocenters. The van der Waals surface area contributed by atoms with E-state index in [4.69, 9.17) is 16.3 Å². The molecule has 5 heteroatoms. The van der Waals surface area contributed by atoms with Gasteiger partial charge in [0.05, 0.1) is 22.9 Å². The van der Waals surface area contributed by atoms with Crippen molar-refractivity contribution >= 4 is 39.2 Å². The normalized spacial score (nSPS) is 12.1. The van der Waals surface area contributed by atoms with E-state index in [1.165, 1.54) is 12.8 Å². The summed E-state index contributed by atoms with van der Waals surface area (Å²) < 4.78 is 6.24. The van der Waals surface area contributed by atoms with Gasteiger partial charge in [0, 0.05) is 18.6 Å². The van der Waals surface area contributed by atoms with Gasteiger partial charge in [0.2, 0.25) is 0 Å². The van der Waals surface area contributed by atoms with Crippen molar-refractivity contribution in [1.29, 1.82) is 0 Å². The van der Waals surface area contributed by atoms with Crippen LogP contribution in [0.5, 0.6) is 0 Å². The van der Waals surface area contributed by atoms with Gasteiger partial charge in [-0.15, -0.1) is 0 Å². The van der Waals surface area contributed by atoms with E-state index in [1.54, 1.807) is 12.1 Å². The maximum absolute atomic E-state index is 12.2. The van der Waals surface area contributed by atoms with Crippen LogP contribution in [0.15, 0.2) is 16.6 Å². The zero-order valence-corrected chi connectivity index (χ0v) is 16.1. The second-order valence-electron chi connectivity index (χ2n) is 5.70. The van der Waals surface area contributed by atoms with Crippen LogP contribution in [-0.4, -0.2) is 26.7 Å². The predicted octanol–water partition coefficient (Wildman–Crippen LogP) is 5.54. The minimum absolute atomic E-state index is 0.317. The number of rotatable bonds is 8. The second-order valence-corrected chi connectivity index (χ2v) is 6.96. The summed E-state index contributed by atoms with van der Waals surface area (Å²) in [6, 6.07) is 3.42. The SMILES string of the molecule is CCCCC(CC)COC(=O)c1cc(Cl)c(N(C)C)c(Br)c1. The van der Waals surface area contributed by atoms with Crippen LogP contribution in [0, 0.1) is 5.92 Å². The molecule has 0 heterocycles. The zero-order chi connectivity index (χ0) is 16.7. The zero-order valence-electron chi connectivity index (χ0n) is 13.8. The smallest absolute Gasteiger partial charge is 0.338 e. The largest absolute Gasteiger partial charge is 0.462 e. The van der Waals surface area contributed by atoms with Gasteiger partial charge in [-0.2, -0.15) is 0 Å². The minimum atomic E-state index is -0.317. The Kier molecular flexibility index (Phi) is 8.26. The van der Waals surface area contributed by atoms with Gasteiger partial charge in [0.1, 0.15) is 0 Å². The highest BCUT2D eigenvalue weighted by Crippen LogP contribution is 2.34. The maximum Gasteiger partial charge on any atom is 0.338 e. The number of hydrogen-bond acceptors (Lipinski definition) is 3. The number of esters is 1. The second kappa shape index (κ2) is 9.41. The van der Waals surface area contributed by atoms with Gasteiger partial charge < -0.3 is 9.64 Å². The topological polar surface area (TPSA) is 29.5 Å². The monoisotopic (exact) mass is 389 g/mol. The van der Waals surface area contributed by atoms with Crippen LogP contribution < -0.4 is 4.90 Å². The molecule has 0 amide bonds. The number of halogens is 2. The molecule has 0 N–H and O–H groups in total. The van der Waals surface area contributed by atoms with Gasteiger partial charge in [-0.05, 0) is 40.4 Å². The van der Waals surface area contributed by atoms with E-state index in [-0.39, 0.29) is 5.97 Å².